The van der Waals surface area contributed by atoms with Crippen molar-refractivity contribution in [1.29, 1.82) is 0 Å². The fourth-order valence-corrected chi connectivity index (χ4v) is 3.90. The molecule has 0 unspecified atom stereocenters. The summed E-state index contributed by atoms with van der Waals surface area (Å²) >= 11 is 0.948. The second-order valence-electron chi connectivity index (χ2n) is 5.78. The van der Waals surface area contributed by atoms with Gasteiger partial charge >= 0.3 is 6.18 Å². The van der Waals surface area contributed by atoms with Crippen LogP contribution >= 0.6 is 11.3 Å². The van der Waals surface area contributed by atoms with Crippen molar-refractivity contribution >= 4 is 26.8 Å². The maximum Gasteiger partial charge on any atom is 0.417 e. The third-order valence-electron chi connectivity index (χ3n) is 4.09. The first-order chi connectivity index (χ1) is 12.4. The molecule has 0 aliphatic carbocycles. The van der Waals surface area contributed by atoms with Gasteiger partial charge in [-0.1, -0.05) is 23.5 Å². The van der Waals surface area contributed by atoms with Gasteiger partial charge in [0.2, 0.25) is 0 Å². The lowest BCUT2D eigenvalue weighted by molar-refractivity contribution is -0.136. The SMILES string of the molecule is Fc1ccccc1-c1cc(C(F)(F)F)c2sc(N3CCOCC3)nc2n1. The first-order valence-electron chi connectivity index (χ1n) is 7.90. The van der Waals surface area contributed by atoms with E-state index in [0.29, 0.717) is 31.4 Å². The van der Waals surface area contributed by atoms with Crippen LogP contribution in [-0.4, -0.2) is 36.3 Å². The molecule has 26 heavy (non-hydrogen) atoms. The van der Waals surface area contributed by atoms with Crippen molar-refractivity contribution in [1.82, 2.24) is 9.97 Å². The highest BCUT2D eigenvalue weighted by atomic mass is 32.1. The van der Waals surface area contributed by atoms with Gasteiger partial charge in [-0.05, 0) is 18.2 Å². The highest BCUT2D eigenvalue weighted by Gasteiger charge is 2.35. The fraction of sp³-hybridized carbons (Fsp3) is 0.294. The Morgan fingerprint density at radius 3 is 2.50 bits per heavy atom. The van der Waals surface area contributed by atoms with E-state index in [-0.39, 0.29) is 21.6 Å². The number of ether oxygens (including phenoxy) is 1. The summed E-state index contributed by atoms with van der Waals surface area (Å²) in [7, 11) is 0. The molecule has 1 fully saturated rings. The minimum atomic E-state index is -4.59. The molecule has 4 rings (SSSR count). The molecule has 2 aromatic heterocycles. The molecule has 1 aliphatic heterocycles. The van der Waals surface area contributed by atoms with Gasteiger partial charge in [0.05, 0.1) is 29.2 Å². The number of aromatic nitrogens is 2. The Labute approximate surface area is 150 Å². The van der Waals surface area contributed by atoms with E-state index in [1.807, 2.05) is 4.90 Å². The third kappa shape index (κ3) is 3.12. The Hall–Kier alpha value is -2.26. The van der Waals surface area contributed by atoms with Crippen LogP contribution in [0.4, 0.5) is 22.7 Å². The molecule has 3 aromatic rings. The van der Waals surface area contributed by atoms with E-state index in [2.05, 4.69) is 9.97 Å². The van der Waals surface area contributed by atoms with E-state index in [0.717, 1.165) is 17.4 Å². The lowest BCUT2D eigenvalue weighted by atomic mass is 10.1. The van der Waals surface area contributed by atoms with E-state index < -0.39 is 17.6 Å². The van der Waals surface area contributed by atoms with Crippen molar-refractivity contribution in [3.63, 3.8) is 0 Å². The number of rotatable bonds is 2. The molecule has 0 amide bonds. The highest BCUT2D eigenvalue weighted by molar-refractivity contribution is 7.22. The van der Waals surface area contributed by atoms with E-state index in [1.54, 1.807) is 6.07 Å². The largest absolute Gasteiger partial charge is 0.417 e. The number of anilines is 1. The molecule has 136 valence electrons. The van der Waals surface area contributed by atoms with Crippen LogP contribution in [0.3, 0.4) is 0 Å². The summed E-state index contributed by atoms with van der Waals surface area (Å²) in [4.78, 5) is 10.4. The first kappa shape index (κ1) is 17.2. The molecule has 1 saturated heterocycles. The number of thiazole rings is 1. The molecule has 0 atom stereocenters. The van der Waals surface area contributed by atoms with Gasteiger partial charge < -0.3 is 9.64 Å². The van der Waals surface area contributed by atoms with E-state index in [4.69, 9.17) is 4.74 Å². The van der Waals surface area contributed by atoms with E-state index in [1.165, 1.54) is 18.2 Å². The number of hydrogen-bond donors (Lipinski definition) is 0. The Morgan fingerprint density at radius 2 is 1.81 bits per heavy atom. The summed E-state index contributed by atoms with van der Waals surface area (Å²) in [6.45, 7) is 2.11. The highest BCUT2D eigenvalue weighted by Crippen LogP contribution is 2.41. The molecule has 0 radical (unpaired) electrons. The van der Waals surface area contributed by atoms with Gasteiger partial charge in [0.25, 0.3) is 0 Å². The number of pyridine rings is 1. The van der Waals surface area contributed by atoms with Crippen LogP contribution < -0.4 is 4.90 Å². The summed E-state index contributed by atoms with van der Waals surface area (Å²) in [6, 6.07) is 6.51. The third-order valence-corrected chi connectivity index (χ3v) is 5.23. The smallest absolute Gasteiger partial charge is 0.378 e. The zero-order valence-corrected chi connectivity index (χ0v) is 14.2. The normalized spacial score (nSPS) is 15.6. The molecule has 1 aromatic carbocycles. The topological polar surface area (TPSA) is 38.2 Å². The lowest BCUT2D eigenvalue weighted by Gasteiger charge is -2.25. The number of halogens is 4. The minimum Gasteiger partial charge on any atom is -0.378 e. The van der Waals surface area contributed by atoms with Crippen LogP contribution in [-0.2, 0) is 10.9 Å². The number of hydrogen-bond acceptors (Lipinski definition) is 5. The summed E-state index contributed by atoms with van der Waals surface area (Å²) in [5.74, 6) is -0.629. The fourth-order valence-electron chi connectivity index (χ4n) is 2.81. The van der Waals surface area contributed by atoms with Crippen molar-refractivity contribution in [2.75, 3.05) is 31.2 Å². The van der Waals surface area contributed by atoms with Gasteiger partial charge in [0.1, 0.15) is 5.82 Å². The zero-order valence-electron chi connectivity index (χ0n) is 13.4. The number of nitrogens with zero attached hydrogens (tertiary/aromatic N) is 3. The molecular weight excluding hydrogens is 370 g/mol. The van der Waals surface area contributed by atoms with Gasteiger partial charge in [-0.15, -0.1) is 0 Å². The molecule has 9 heteroatoms. The molecule has 4 nitrogen and oxygen atoms in total. The summed E-state index contributed by atoms with van der Waals surface area (Å²) in [5, 5.41) is 0.465. The van der Waals surface area contributed by atoms with Crippen molar-refractivity contribution in [2.45, 2.75) is 6.18 Å². The summed E-state index contributed by atoms with van der Waals surface area (Å²) < 4.78 is 60.0. The van der Waals surface area contributed by atoms with Gasteiger partial charge in [0, 0.05) is 18.7 Å². The maximum absolute atomic E-state index is 14.0. The quantitative estimate of drug-likeness (QED) is 0.617. The average Bonchev–Trinajstić information content (AvgIpc) is 3.05. The van der Waals surface area contributed by atoms with Crippen LogP contribution in [0, 0.1) is 5.82 Å². The zero-order chi connectivity index (χ0) is 18.3. The van der Waals surface area contributed by atoms with E-state index in [9.17, 15) is 17.6 Å². The molecular formula is C17H13F4N3OS. The van der Waals surface area contributed by atoms with Gasteiger partial charge in [-0.3, -0.25) is 0 Å². The second-order valence-corrected chi connectivity index (χ2v) is 6.76. The van der Waals surface area contributed by atoms with Gasteiger partial charge in [0.15, 0.2) is 10.8 Å². The number of alkyl halides is 3. The minimum absolute atomic E-state index is 0.0147. The number of benzene rings is 1. The van der Waals surface area contributed by atoms with Gasteiger partial charge in [-0.25, -0.2) is 9.37 Å². The molecule has 0 saturated carbocycles. The molecule has 1 aliphatic rings. The van der Waals surface area contributed by atoms with Gasteiger partial charge in [-0.2, -0.15) is 18.2 Å². The first-order valence-corrected chi connectivity index (χ1v) is 8.71. The van der Waals surface area contributed by atoms with Crippen LogP contribution in [0.15, 0.2) is 30.3 Å². The average molecular weight is 383 g/mol. The van der Waals surface area contributed by atoms with Crippen molar-refractivity contribution < 1.29 is 22.3 Å². The Balaban J connectivity index is 1.89. The second kappa shape index (κ2) is 6.48. The Bertz CT molecular complexity index is 951. The maximum atomic E-state index is 14.0. The lowest BCUT2D eigenvalue weighted by Crippen LogP contribution is -2.36. The standard InChI is InChI=1S/C17H13F4N3OS/c18-12-4-2-1-3-10(12)13-9-11(17(19,20)21)14-15(22-13)23-16(26-14)24-5-7-25-8-6-24/h1-4,9H,5-8H2. The van der Waals surface area contributed by atoms with Crippen LogP contribution in [0.5, 0.6) is 0 Å². The molecule has 3 heterocycles. The number of morpholine rings is 1. The monoisotopic (exact) mass is 383 g/mol. The van der Waals surface area contributed by atoms with Crippen LogP contribution in [0.1, 0.15) is 5.56 Å². The number of fused-ring (bicyclic) bond motifs is 1. The van der Waals surface area contributed by atoms with Crippen molar-refractivity contribution in [3.8, 4) is 11.3 Å². The predicted octanol–water partition coefficient (Wildman–Crippen LogP) is 4.35. The molecule has 0 spiro atoms. The van der Waals surface area contributed by atoms with Crippen molar-refractivity contribution in [3.05, 3.63) is 41.7 Å². The Kier molecular flexibility index (Phi) is 4.28. The molecule has 0 N–H and O–H groups in total. The van der Waals surface area contributed by atoms with Crippen LogP contribution in [0.25, 0.3) is 21.6 Å². The Morgan fingerprint density at radius 1 is 1.08 bits per heavy atom. The summed E-state index contributed by atoms with van der Waals surface area (Å²) in [6.07, 6.45) is -4.59. The van der Waals surface area contributed by atoms with Crippen molar-refractivity contribution in [2.24, 2.45) is 0 Å². The predicted molar refractivity (Wildman–Crippen MR) is 90.8 cm³/mol. The van der Waals surface area contributed by atoms with E-state index >= 15 is 0 Å². The summed E-state index contributed by atoms with van der Waals surface area (Å²) in [5.41, 5.74) is -0.940. The van der Waals surface area contributed by atoms with Crippen LogP contribution in [0.2, 0.25) is 0 Å². The molecule has 0 bridgehead atoms.